The number of pyridine rings is 1. The van der Waals surface area contributed by atoms with Crippen LogP contribution in [0.15, 0.2) is 72.9 Å². The number of ether oxygens (including phenoxy) is 1. The van der Waals surface area contributed by atoms with Crippen LogP contribution in [0, 0.1) is 13.8 Å². The number of rotatable bonds is 6. The average molecular weight is 552 g/mol. The van der Waals surface area contributed by atoms with Crippen molar-refractivity contribution >= 4 is 46.2 Å². The Balaban J connectivity index is 1.64. The van der Waals surface area contributed by atoms with Crippen molar-refractivity contribution in [2.45, 2.75) is 45.9 Å². The fourth-order valence-corrected chi connectivity index (χ4v) is 5.87. The summed E-state index contributed by atoms with van der Waals surface area (Å²) in [5.74, 6) is 0.824. The highest BCUT2D eigenvalue weighted by atomic mass is 35.5. The third kappa shape index (κ3) is 4.93. The van der Waals surface area contributed by atoms with Gasteiger partial charge in [0.2, 0.25) is 0 Å². The number of anilines is 1. The minimum Gasteiger partial charge on any atom is -0.491 e. The van der Waals surface area contributed by atoms with Crippen LogP contribution in [0.25, 0.3) is 5.69 Å². The molecule has 8 heteroatoms. The molecular formula is C29H28Cl2N4OS. The van der Waals surface area contributed by atoms with Gasteiger partial charge in [0, 0.05) is 28.3 Å². The number of thiocarbonyl (C=S) groups is 1. The highest BCUT2D eigenvalue weighted by molar-refractivity contribution is 7.80. The van der Waals surface area contributed by atoms with Crippen molar-refractivity contribution in [1.29, 1.82) is 0 Å². The van der Waals surface area contributed by atoms with Gasteiger partial charge in [-0.2, -0.15) is 0 Å². The molecule has 4 aromatic rings. The molecule has 2 aromatic heterocycles. The van der Waals surface area contributed by atoms with Crippen molar-refractivity contribution in [3.63, 3.8) is 0 Å². The van der Waals surface area contributed by atoms with Gasteiger partial charge in [-0.3, -0.25) is 4.98 Å². The lowest BCUT2D eigenvalue weighted by Gasteiger charge is -2.28. The van der Waals surface area contributed by atoms with E-state index in [0.717, 1.165) is 39.8 Å². The topological polar surface area (TPSA) is 42.3 Å². The predicted molar refractivity (Wildman–Crippen MR) is 155 cm³/mol. The highest BCUT2D eigenvalue weighted by Gasteiger charge is 2.42. The fourth-order valence-electron chi connectivity index (χ4n) is 5.03. The molecule has 0 aliphatic carbocycles. The van der Waals surface area contributed by atoms with E-state index in [-0.39, 0.29) is 18.2 Å². The first-order valence-electron chi connectivity index (χ1n) is 12.2. The van der Waals surface area contributed by atoms with Gasteiger partial charge in [0.15, 0.2) is 5.11 Å². The Kier molecular flexibility index (Phi) is 7.17. The van der Waals surface area contributed by atoms with Gasteiger partial charge in [-0.25, -0.2) is 0 Å². The molecule has 0 unspecified atom stereocenters. The number of nitrogens with one attached hydrogen (secondary N) is 1. The Labute approximate surface area is 233 Å². The summed E-state index contributed by atoms with van der Waals surface area (Å²) in [6.45, 7) is 8.23. The minimum absolute atomic E-state index is 0.103. The zero-order valence-electron chi connectivity index (χ0n) is 21.1. The van der Waals surface area contributed by atoms with Crippen molar-refractivity contribution in [2.24, 2.45) is 0 Å². The lowest BCUT2D eigenvalue weighted by molar-refractivity contribution is 0.242. The van der Waals surface area contributed by atoms with Gasteiger partial charge in [0.1, 0.15) is 5.75 Å². The summed E-state index contributed by atoms with van der Waals surface area (Å²) in [5, 5.41) is 5.39. The van der Waals surface area contributed by atoms with Crippen LogP contribution in [-0.4, -0.2) is 20.8 Å². The first kappa shape index (κ1) is 25.6. The molecule has 0 amide bonds. The molecule has 5 nitrogen and oxygen atoms in total. The molecule has 2 aromatic carbocycles. The number of hydrogen-bond acceptors (Lipinski definition) is 3. The number of aromatic nitrogens is 2. The number of halogens is 2. The van der Waals surface area contributed by atoms with Crippen LogP contribution in [0.5, 0.6) is 5.75 Å². The van der Waals surface area contributed by atoms with Crippen LogP contribution in [0.3, 0.4) is 0 Å². The van der Waals surface area contributed by atoms with Gasteiger partial charge in [0.25, 0.3) is 0 Å². The lowest BCUT2D eigenvalue weighted by Crippen LogP contribution is -2.29. The summed E-state index contributed by atoms with van der Waals surface area (Å²) < 4.78 is 8.03. The molecular weight excluding hydrogens is 523 g/mol. The van der Waals surface area contributed by atoms with Gasteiger partial charge in [0.05, 0.1) is 34.6 Å². The summed E-state index contributed by atoms with van der Waals surface area (Å²) in [5.41, 5.74) is 6.06. The Morgan fingerprint density at radius 3 is 2.41 bits per heavy atom. The Bertz CT molecular complexity index is 1440. The van der Waals surface area contributed by atoms with Crippen molar-refractivity contribution in [1.82, 2.24) is 14.9 Å². The van der Waals surface area contributed by atoms with Crippen molar-refractivity contribution in [2.75, 3.05) is 4.90 Å². The van der Waals surface area contributed by atoms with E-state index < -0.39 is 0 Å². The van der Waals surface area contributed by atoms with Crippen LogP contribution in [-0.2, 0) is 0 Å². The number of benzene rings is 2. The molecule has 1 N–H and O–H groups in total. The first-order valence-corrected chi connectivity index (χ1v) is 13.3. The second kappa shape index (κ2) is 10.4. The van der Waals surface area contributed by atoms with Crippen LogP contribution in [0.2, 0.25) is 10.0 Å². The maximum absolute atomic E-state index is 6.63. The highest BCUT2D eigenvalue weighted by Crippen LogP contribution is 2.44. The van der Waals surface area contributed by atoms with Crippen LogP contribution in [0.4, 0.5) is 5.69 Å². The summed E-state index contributed by atoms with van der Waals surface area (Å²) in [4.78, 5) is 6.85. The van der Waals surface area contributed by atoms with Gasteiger partial charge in [-0.05, 0) is 106 Å². The Morgan fingerprint density at radius 2 is 1.76 bits per heavy atom. The molecule has 1 aliphatic rings. The summed E-state index contributed by atoms with van der Waals surface area (Å²) >= 11 is 18.7. The van der Waals surface area contributed by atoms with E-state index in [1.54, 1.807) is 6.07 Å². The first-order chi connectivity index (χ1) is 17.7. The summed E-state index contributed by atoms with van der Waals surface area (Å²) in [6, 6.07) is 21.5. The fraction of sp³-hybridized carbons (Fsp3) is 0.241. The molecule has 2 atom stereocenters. The summed E-state index contributed by atoms with van der Waals surface area (Å²) in [7, 11) is 0. The van der Waals surface area contributed by atoms with Crippen molar-refractivity contribution < 1.29 is 4.74 Å². The van der Waals surface area contributed by atoms with E-state index in [2.05, 4.69) is 51.8 Å². The van der Waals surface area contributed by atoms with Crippen LogP contribution < -0.4 is 15.0 Å². The zero-order valence-corrected chi connectivity index (χ0v) is 23.4. The number of aryl methyl sites for hydroxylation is 1. The summed E-state index contributed by atoms with van der Waals surface area (Å²) in [6.07, 6.45) is 1.92. The van der Waals surface area contributed by atoms with Crippen molar-refractivity contribution in [3.8, 4) is 11.4 Å². The molecule has 1 saturated heterocycles. The smallest absolute Gasteiger partial charge is 0.174 e. The molecule has 0 spiro atoms. The molecule has 5 rings (SSSR count). The van der Waals surface area contributed by atoms with Gasteiger partial charge in [-0.1, -0.05) is 29.3 Å². The molecule has 37 heavy (non-hydrogen) atoms. The third-order valence-electron chi connectivity index (χ3n) is 6.52. The lowest BCUT2D eigenvalue weighted by atomic mass is 9.96. The quantitative estimate of drug-likeness (QED) is 0.248. The third-order valence-corrected chi connectivity index (χ3v) is 7.38. The van der Waals surface area contributed by atoms with Gasteiger partial charge >= 0.3 is 0 Å². The molecule has 0 bridgehead atoms. The maximum Gasteiger partial charge on any atom is 0.174 e. The van der Waals surface area contributed by atoms with E-state index in [4.69, 9.17) is 40.2 Å². The second-order valence-corrected chi connectivity index (χ2v) is 10.6. The zero-order chi connectivity index (χ0) is 26.3. The molecule has 1 fully saturated rings. The number of hydrogen-bond donors (Lipinski definition) is 1. The SMILES string of the molecule is Cc1cc([C@H]2[C@H](c3ccccn3)NC(=S)N2c2ccc(OC(C)C)cc2)c(C)n1-c1ccc(Cl)cc1Cl. The van der Waals surface area contributed by atoms with Crippen molar-refractivity contribution in [3.05, 3.63) is 106 Å². The van der Waals surface area contributed by atoms with E-state index in [9.17, 15) is 0 Å². The number of nitrogens with zero attached hydrogens (tertiary/aromatic N) is 3. The van der Waals surface area contributed by atoms with Crippen LogP contribution in [0.1, 0.15) is 48.6 Å². The monoisotopic (exact) mass is 550 g/mol. The standard InChI is InChI=1S/C29H28Cl2N4OS/c1-17(2)36-22-11-9-21(10-12-22)35-28(27(33-29(35)37)25-7-5-6-14-32-25)23-15-18(3)34(19(23)4)26-13-8-20(30)16-24(26)31/h5-17,27-28H,1-4H3,(H,33,37)/t27-,28-/m0/s1. The Morgan fingerprint density at radius 1 is 1.00 bits per heavy atom. The molecule has 0 radical (unpaired) electrons. The van der Waals surface area contributed by atoms with E-state index in [1.807, 2.05) is 62.5 Å². The second-order valence-electron chi connectivity index (χ2n) is 9.41. The predicted octanol–water partition coefficient (Wildman–Crippen LogP) is 7.76. The van der Waals surface area contributed by atoms with Gasteiger partial charge in [-0.15, -0.1) is 0 Å². The van der Waals surface area contributed by atoms with Crippen LogP contribution >= 0.6 is 35.4 Å². The largest absolute Gasteiger partial charge is 0.491 e. The minimum atomic E-state index is -0.144. The molecule has 1 aliphatic heterocycles. The average Bonchev–Trinajstić information content (AvgIpc) is 3.35. The van der Waals surface area contributed by atoms with Gasteiger partial charge < -0.3 is 19.5 Å². The van der Waals surface area contributed by atoms with E-state index >= 15 is 0 Å². The maximum atomic E-state index is 6.63. The molecule has 3 heterocycles. The molecule has 0 saturated carbocycles. The van der Waals surface area contributed by atoms with E-state index in [1.165, 1.54) is 0 Å². The van der Waals surface area contributed by atoms with E-state index in [0.29, 0.717) is 15.2 Å². The Hall–Kier alpha value is -3.06. The molecule has 190 valence electrons. The normalized spacial score (nSPS) is 17.4.